The Bertz CT molecular complexity index is 418. The number of aryl methyl sites for hydroxylation is 1. The summed E-state index contributed by atoms with van der Waals surface area (Å²) in [5, 5.41) is 0. The first-order valence-corrected chi connectivity index (χ1v) is 8.12. The molecule has 0 aliphatic heterocycles. The molecule has 1 unspecified atom stereocenters. The van der Waals surface area contributed by atoms with Crippen LogP contribution in [-0.2, 0) is 0 Å². The number of nitrogens with two attached hydrogens (primary N) is 1. The average molecular weight is 293 g/mol. The summed E-state index contributed by atoms with van der Waals surface area (Å²) in [7, 11) is 3.32. The van der Waals surface area contributed by atoms with E-state index in [1.54, 1.807) is 14.2 Å². The lowest BCUT2D eigenvalue weighted by molar-refractivity contribution is 0.353. The Labute approximate surface area is 129 Å². The first kappa shape index (κ1) is 17.8. The molecule has 120 valence electrons. The molecular formula is C18H31NO2. The minimum atomic E-state index is 0.0796. The summed E-state index contributed by atoms with van der Waals surface area (Å²) in [6, 6.07) is 4.11. The van der Waals surface area contributed by atoms with Gasteiger partial charge in [-0.1, -0.05) is 45.4 Å². The molecule has 3 heteroatoms. The maximum Gasteiger partial charge on any atom is 0.161 e. The van der Waals surface area contributed by atoms with Crippen LogP contribution < -0.4 is 15.2 Å². The SMILES string of the molecule is CCCCCCCCC(N)c1cc(OC)c(OC)cc1C. The lowest BCUT2D eigenvalue weighted by Gasteiger charge is -2.18. The molecule has 0 bridgehead atoms. The molecule has 21 heavy (non-hydrogen) atoms. The molecule has 3 nitrogen and oxygen atoms in total. The highest BCUT2D eigenvalue weighted by molar-refractivity contribution is 5.48. The molecule has 0 saturated carbocycles. The summed E-state index contributed by atoms with van der Waals surface area (Å²) >= 11 is 0. The third kappa shape index (κ3) is 5.58. The number of benzene rings is 1. The van der Waals surface area contributed by atoms with Crippen LogP contribution in [-0.4, -0.2) is 14.2 Å². The fourth-order valence-electron chi connectivity index (χ4n) is 2.70. The smallest absolute Gasteiger partial charge is 0.161 e. The van der Waals surface area contributed by atoms with Crippen LogP contribution >= 0.6 is 0 Å². The van der Waals surface area contributed by atoms with Gasteiger partial charge in [0, 0.05) is 6.04 Å². The van der Waals surface area contributed by atoms with Gasteiger partial charge in [-0.3, -0.25) is 0 Å². The van der Waals surface area contributed by atoms with Gasteiger partial charge in [0.05, 0.1) is 14.2 Å². The van der Waals surface area contributed by atoms with Gasteiger partial charge >= 0.3 is 0 Å². The molecule has 0 spiro atoms. The summed E-state index contributed by atoms with van der Waals surface area (Å²) < 4.78 is 10.7. The fourth-order valence-corrected chi connectivity index (χ4v) is 2.70. The lowest BCUT2D eigenvalue weighted by atomic mass is 9.96. The third-order valence-electron chi connectivity index (χ3n) is 4.04. The van der Waals surface area contributed by atoms with E-state index in [2.05, 4.69) is 13.8 Å². The topological polar surface area (TPSA) is 44.5 Å². The Morgan fingerprint density at radius 1 is 0.952 bits per heavy atom. The van der Waals surface area contributed by atoms with Gasteiger partial charge in [0.15, 0.2) is 11.5 Å². The molecule has 0 radical (unpaired) electrons. The van der Waals surface area contributed by atoms with Crippen molar-refractivity contribution < 1.29 is 9.47 Å². The molecule has 0 saturated heterocycles. The van der Waals surface area contributed by atoms with Crippen LogP contribution in [0.2, 0.25) is 0 Å². The number of unbranched alkanes of at least 4 members (excludes halogenated alkanes) is 5. The molecular weight excluding hydrogens is 262 g/mol. The fraction of sp³-hybridized carbons (Fsp3) is 0.667. The van der Waals surface area contributed by atoms with Crippen molar-refractivity contribution in [2.24, 2.45) is 5.73 Å². The monoisotopic (exact) mass is 293 g/mol. The number of rotatable bonds is 10. The van der Waals surface area contributed by atoms with E-state index < -0.39 is 0 Å². The number of hydrogen-bond donors (Lipinski definition) is 1. The maximum atomic E-state index is 6.36. The average Bonchev–Trinajstić information content (AvgIpc) is 2.50. The second-order valence-electron chi connectivity index (χ2n) is 5.73. The van der Waals surface area contributed by atoms with Crippen molar-refractivity contribution in [3.8, 4) is 11.5 Å². The molecule has 1 aromatic rings. The van der Waals surface area contributed by atoms with E-state index in [1.807, 2.05) is 12.1 Å². The highest BCUT2D eigenvalue weighted by Crippen LogP contribution is 2.33. The molecule has 0 fully saturated rings. The first-order chi connectivity index (χ1) is 10.1. The highest BCUT2D eigenvalue weighted by atomic mass is 16.5. The van der Waals surface area contributed by atoms with Crippen LogP contribution in [0.1, 0.15) is 69.0 Å². The first-order valence-electron chi connectivity index (χ1n) is 8.12. The Kier molecular flexibility index (Phi) is 8.21. The van der Waals surface area contributed by atoms with Crippen molar-refractivity contribution in [2.45, 2.75) is 64.8 Å². The minimum absolute atomic E-state index is 0.0796. The summed E-state index contributed by atoms with van der Waals surface area (Å²) in [6.07, 6.45) is 8.82. The highest BCUT2D eigenvalue weighted by Gasteiger charge is 2.13. The van der Waals surface area contributed by atoms with Crippen molar-refractivity contribution in [3.63, 3.8) is 0 Å². The van der Waals surface area contributed by atoms with Crippen molar-refractivity contribution in [2.75, 3.05) is 14.2 Å². The normalized spacial score (nSPS) is 12.2. The molecule has 0 heterocycles. The van der Waals surface area contributed by atoms with Gasteiger partial charge in [0.25, 0.3) is 0 Å². The van der Waals surface area contributed by atoms with Gasteiger partial charge in [-0.05, 0) is 36.6 Å². The Hall–Kier alpha value is -1.22. The molecule has 0 amide bonds. The standard InChI is InChI=1S/C18H31NO2/c1-5-6-7-8-9-10-11-16(19)15-13-18(21-4)17(20-3)12-14(15)2/h12-13,16H,5-11,19H2,1-4H3. The Balaban J connectivity index is 2.55. The van der Waals surface area contributed by atoms with Gasteiger partial charge in [-0.25, -0.2) is 0 Å². The second kappa shape index (κ2) is 9.67. The van der Waals surface area contributed by atoms with Crippen molar-refractivity contribution >= 4 is 0 Å². The van der Waals surface area contributed by atoms with Crippen LogP contribution in [0.15, 0.2) is 12.1 Å². The zero-order valence-corrected chi connectivity index (χ0v) is 14.1. The summed E-state index contributed by atoms with van der Waals surface area (Å²) in [5.74, 6) is 1.53. The van der Waals surface area contributed by atoms with Crippen LogP contribution in [0.4, 0.5) is 0 Å². The van der Waals surface area contributed by atoms with E-state index >= 15 is 0 Å². The molecule has 1 atom stereocenters. The zero-order valence-electron chi connectivity index (χ0n) is 14.1. The van der Waals surface area contributed by atoms with Crippen molar-refractivity contribution in [1.82, 2.24) is 0 Å². The second-order valence-corrected chi connectivity index (χ2v) is 5.73. The molecule has 2 N–H and O–H groups in total. The summed E-state index contributed by atoms with van der Waals surface area (Å²) in [4.78, 5) is 0. The minimum Gasteiger partial charge on any atom is -0.493 e. The van der Waals surface area contributed by atoms with E-state index in [4.69, 9.17) is 15.2 Å². The molecule has 0 aromatic heterocycles. The van der Waals surface area contributed by atoms with Gasteiger partial charge in [-0.2, -0.15) is 0 Å². The largest absolute Gasteiger partial charge is 0.493 e. The van der Waals surface area contributed by atoms with Gasteiger partial charge in [-0.15, -0.1) is 0 Å². The van der Waals surface area contributed by atoms with Crippen molar-refractivity contribution in [1.29, 1.82) is 0 Å². The zero-order chi connectivity index (χ0) is 15.7. The van der Waals surface area contributed by atoms with Gasteiger partial charge < -0.3 is 15.2 Å². The molecule has 1 aromatic carbocycles. The van der Waals surface area contributed by atoms with E-state index in [-0.39, 0.29) is 6.04 Å². The summed E-state index contributed by atoms with van der Waals surface area (Å²) in [6.45, 7) is 4.33. The van der Waals surface area contributed by atoms with Crippen LogP contribution in [0.3, 0.4) is 0 Å². The lowest BCUT2D eigenvalue weighted by Crippen LogP contribution is -2.12. The number of hydrogen-bond acceptors (Lipinski definition) is 3. The van der Waals surface area contributed by atoms with Crippen LogP contribution in [0.25, 0.3) is 0 Å². The molecule has 1 rings (SSSR count). The maximum absolute atomic E-state index is 6.36. The predicted molar refractivity (Wildman–Crippen MR) is 89.2 cm³/mol. The van der Waals surface area contributed by atoms with E-state index in [1.165, 1.54) is 49.7 Å². The van der Waals surface area contributed by atoms with Crippen LogP contribution in [0.5, 0.6) is 11.5 Å². The summed E-state index contributed by atoms with van der Waals surface area (Å²) in [5.41, 5.74) is 8.70. The number of methoxy groups -OCH3 is 2. The third-order valence-corrected chi connectivity index (χ3v) is 4.04. The predicted octanol–water partition coefficient (Wildman–Crippen LogP) is 4.76. The quantitative estimate of drug-likeness (QED) is 0.632. The van der Waals surface area contributed by atoms with E-state index in [0.29, 0.717) is 0 Å². The Morgan fingerprint density at radius 2 is 1.52 bits per heavy atom. The van der Waals surface area contributed by atoms with E-state index in [9.17, 15) is 0 Å². The Morgan fingerprint density at radius 3 is 2.14 bits per heavy atom. The van der Waals surface area contributed by atoms with Crippen molar-refractivity contribution in [3.05, 3.63) is 23.3 Å². The van der Waals surface area contributed by atoms with E-state index in [0.717, 1.165) is 17.9 Å². The number of ether oxygens (including phenoxy) is 2. The van der Waals surface area contributed by atoms with Gasteiger partial charge in [0.2, 0.25) is 0 Å². The molecule has 0 aliphatic rings. The molecule has 0 aliphatic carbocycles. The van der Waals surface area contributed by atoms with Crippen LogP contribution in [0, 0.1) is 6.92 Å². The van der Waals surface area contributed by atoms with Gasteiger partial charge in [0.1, 0.15) is 0 Å².